The Morgan fingerprint density at radius 1 is 1.32 bits per heavy atom. The minimum Gasteiger partial charge on any atom is -0.369 e. The van der Waals surface area contributed by atoms with Crippen LogP contribution >= 0.6 is 11.8 Å². The second-order valence-electron chi connectivity index (χ2n) is 6.92. The highest BCUT2D eigenvalue weighted by Crippen LogP contribution is 2.25. The van der Waals surface area contributed by atoms with Gasteiger partial charge in [0.05, 0.1) is 5.75 Å². The number of hydrogen-bond donors (Lipinski definition) is 1. The third kappa shape index (κ3) is 4.62. The molecule has 1 aromatic heterocycles. The molecule has 0 spiro atoms. The summed E-state index contributed by atoms with van der Waals surface area (Å²) in [5.74, 6) is 0.690. The third-order valence-corrected chi connectivity index (χ3v) is 5.83. The summed E-state index contributed by atoms with van der Waals surface area (Å²) in [5.41, 5.74) is 7.49. The van der Waals surface area contributed by atoms with Crippen LogP contribution in [0.1, 0.15) is 18.4 Å². The smallest absolute Gasteiger partial charge is 0.233 e. The minimum absolute atomic E-state index is 0.0400. The molecule has 2 N–H and O–H groups in total. The van der Waals surface area contributed by atoms with Gasteiger partial charge >= 0.3 is 0 Å². The lowest BCUT2D eigenvalue weighted by Crippen LogP contribution is -2.42. The molecule has 28 heavy (non-hydrogen) atoms. The first kappa shape index (κ1) is 20.1. The number of amides is 2. The molecule has 0 radical (unpaired) electrons. The van der Waals surface area contributed by atoms with Crippen LogP contribution < -0.4 is 5.73 Å². The Labute approximate surface area is 169 Å². The van der Waals surface area contributed by atoms with Crippen LogP contribution in [-0.2, 0) is 16.1 Å². The van der Waals surface area contributed by atoms with Crippen molar-refractivity contribution < 1.29 is 9.59 Å². The van der Waals surface area contributed by atoms with Crippen molar-refractivity contribution in [2.45, 2.75) is 31.5 Å². The fourth-order valence-electron chi connectivity index (χ4n) is 3.32. The zero-order valence-corrected chi connectivity index (χ0v) is 16.8. The van der Waals surface area contributed by atoms with E-state index in [0.717, 1.165) is 17.0 Å². The van der Waals surface area contributed by atoms with Gasteiger partial charge in [-0.05, 0) is 25.8 Å². The van der Waals surface area contributed by atoms with Crippen molar-refractivity contribution in [3.8, 4) is 11.4 Å². The maximum Gasteiger partial charge on any atom is 0.233 e. The maximum absolute atomic E-state index is 12.5. The number of carbonyl (C=O) groups excluding carboxylic acids is 2. The normalized spacial score (nSPS) is 14.8. The molecule has 1 aliphatic rings. The van der Waals surface area contributed by atoms with Gasteiger partial charge in [-0.2, -0.15) is 0 Å². The second-order valence-corrected chi connectivity index (χ2v) is 7.86. The van der Waals surface area contributed by atoms with Gasteiger partial charge in [-0.3, -0.25) is 14.2 Å². The lowest BCUT2D eigenvalue weighted by atomic mass is 9.96. The third-order valence-electron chi connectivity index (χ3n) is 4.88. The van der Waals surface area contributed by atoms with Gasteiger partial charge in [0.15, 0.2) is 11.0 Å². The number of carbonyl (C=O) groups is 2. The molecule has 0 saturated carbocycles. The highest BCUT2D eigenvalue weighted by molar-refractivity contribution is 7.99. The van der Waals surface area contributed by atoms with Crippen molar-refractivity contribution in [3.05, 3.63) is 42.5 Å². The number of thioether (sulfide) groups is 1. The molecule has 0 aliphatic carbocycles. The minimum atomic E-state index is -0.275. The number of benzene rings is 1. The first-order valence-corrected chi connectivity index (χ1v) is 10.3. The van der Waals surface area contributed by atoms with Gasteiger partial charge in [0.2, 0.25) is 11.8 Å². The predicted octanol–water partition coefficient (Wildman–Crippen LogP) is 2.26. The molecule has 148 valence electrons. The van der Waals surface area contributed by atoms with E-state index in [4.69, 9.17) is 5.73 Å². The van der Waals surface area contributed by atoms with Crippen molar-refractivity contribution in [2.75, 3.05) is 18.8 Å². The summed E-state index contributed by atoms with van der Waals surface area (Å²) in [6, 6.07) is 8.09. The fourth-order valence-corrected chi connectivity index (χ4v) is 4.17. The molecule has 0 atom stereocenters. The Balaban J connectivity index is 1.67. The van der Waals surface area contributed by atoms with Crippen molar-refractivity contribution in [1.82, 2.24) is 19.7 Å². The molecule has 2 aromatic rings. The van der Waals surface area contributed by atoms with Crippen LogP contribution in [0.5, 0.6) is 0 Å². The standard InChI is InChI=1S/C20H25N5O2S/c1-3-9-25-19(16-6-4-5-14(2)12-16)22-23-20(25)28-13-17(26)24-10-7-15(8-11-24)18(21)27/h3-6,12,15H,1,7-11,13H2,2H3,(H2,21,27). The Kier molecular flexibility index (Phi) is 6.51. The van der Waals surface area contributed by atoms with E-state index in [1.165, 1.54) is 11.8 Å². The number of aryl methyl sites for hydroxylation is 1. The van der Waals surface area contributed by atoms with Crippen LogP contribution in [0.3, 0.4) is 0 Å². The molecule has 0 unspecified atom stereocenters. The molecule has 8 heteroatoms. The van der Waals surface area contributed by atoms with Gasteiger partial charge in [0.25, 0.3) is 0 Å². The highest BCUT2D eigenvalue weighted by atomic mass is 32.2. The number of hydrogen-bond acceptors (Lipinski definition) is 5. The SMILES string of the molecule is C=CCn1c(SCC(=O)N2CCC(C(N)=O)CC2)nnc1-c1cccc(C)c1. The zero-order chi connectivity index (χ0) is 20.1. The molecule has 0 bridgehead atoms. The number of allylic oxidation sites excluding steroid dienone is 1. The molecule has 1 aliphatic heterocycles. The van der Waals surface area contributed by atoms with E-state index >= 15 is 0 Å². The van der Waals surface area contributed by atoms with Crippen LogP contribution in [0, 0.1) is 12.8 Å². The van der Waals surface area contributed by atoms with Gasteiger partial charge in [0.1, 0.15) is 0 Å². The first-order chi connectivity index (χ1) is 13.5. The number of likely N-dealkylation sites (tertiary alicyclic amines) is 1. The molecule has 2 heterocycles. The maximum atomic E-state index is 12.5. The Morgan fingerprint density at radius 3 is 2.71 bits per heavy atom. The number of piperidine rings is 1. The molecule has 2 amide bonds. The van der Waals surface area contributed by atoms with Crippen LogP contribution in [0.4, 0.5) is 0 Å². The van der Waals surface area contributed by atoms with Gasteiger partial charge in [-0.1, -0.05) is 41.6 Å². The molecular weight excluding hydrogens is 374 g/mol. The monoisotopic (exact) mass is 399 g/mol. The second kappa shape index (κ2) is 9.05. The van der Waals surface area contributed by atoms with Gasteiger partial charge in [-0.25, -0.2) is 0 Å². The summed E-state index contributed by atoms with van der Waals surface area (Å²) in [4.78, 5) is 25.6. The lowest BCUT2D eigenvalue weighted by molar-refractivity contribution is -0.132. The van der Waals surface area contributed by atoms with Gasteiger partial charge < -0.3 is 10.6 Å². The van der Waals surface area contributed by atoms with Gasteiger partial charge in [-0.15, -0.1) is 16.8 Å². The summed E-state index contributed by atoms with van der Waals surface area (Å²) < 4.78 is 1.97. The summed E-state index contributed by atoms with van der Waals surface area (Å²) >= 11 is 1.37. The Bertz CT molecular complexity index is 871. The van der Waals surface area contributed by atoms with E-state index in [1.807, 2.05) is 29.7 Å². The van der Waals surface area contributed by atoms with E-state index < -0.39 is 0 Å². The zero-order valence-electron chi connectivity index (χ0n) is 16.0. The van der Waals surface area contributed by atoms with E-state index in [9.17, 15) is 9.59 Å². The Morgan fingerprint density at radius 2 is 2.07 bits per heavy atom. The summed E-state index contributed by atoms with van der Waals surface area (Å²) in [7, 11) is 0. The van der Waals surface area contributed by atoms with Gasteiger partial charge in [0, 0.05) is 31.1 Å². The Hall–Kier alpha value is -2.61. The number of primary amides is 1. The number of nitrogens with zero attached hydrogens (tertiary/aromatic N) is 4. The van der Waals surface area contributed by atoms with Crippen molar-refractivity contribution in [2.24, 2.45) is 11.7 Å². The molecule has 1 fully saturated rings. The van der Waals surface area contributed by atoms with Crippen molar-refractivity contribution in [3.63, 3.8) is 0 Å². The van der Waals surface area contributed by atoms with Crippen molar-refractivity contribution in [1.29, 1.82) is 0 Å². The highest BCUT2D eigenvalue weighted by Gasteiger charge is 2.26. The summed E-state index contributed by atoms with van der Waals surface area (Å²) in [5, 5.41) is 9.31. The van der Waals surface area contributed by atoms with E-state index in [0.29, 0.717) is 37.6 Å². The first-order valence-electron chi connectivity index (χ1n) is 9.30. The molecule has 1 saturated heterocycles. The number of aromatic nitrogens is 3. The van der Waals surface area contributed by atoms with E-state index in [2.05, 4.69) is 22.8 Å². The van der Waals surface area contributed by atoms with Crippen LogP contribution in [0.15, 0.2) is 42.1 Å². The lowest BCUT2D eigenvalue weighted by Gasteiger charge is -2.30. The van der Waals surface area contributed by atoms with E-state index in [1.54, 1.807) is 11.0 Å². The molecule has 7 nitrogen and oxygen atoms in total. The summed E-state index contributed by atoms with van der Waals surface area (Å²) in [6.07, 6.45) is 3.06. The van der Waals surface area contributed by atoms with Crippen LogP contribution in [0.2, 0.25) is 0 Å². The molecule has 1 aromatic carbocycles. The topological polar surface area (TPSA) is 94.1 Å². The van der Waals surface area contributed by atoms with Crippen LogP contribution in [-0.4, -0.2) is 50.3 Å². The number of nitrogens with two attached hydrogens (primary N) is 1. The quantitative estimate of drug-likeness (QED) is 0.569. The molecule has 3 rings (SSSR count). The molecular formula is C20H25N5O2S. The number of rotatable bonds is 7. The average molecular weight is 400 g/mol. The van der Waals surface area contributed by atoms with Crippen LogP contribution in [0.25, 0.3) is 11.4 Å². The largest absolute Gasteiger partial charge is 0.369 e. The summed E-state index contributed by atoms with van der Waals surface area (Å²) in [6.45, 7) is 7.56. The average Bonchev–Trinajstić information content (AvgIpc) is 3.09. The van der Waals surface area contributed by atoms with Crippen molar-refractivity contribution >= 4 is 23.6 Å². The van der Waals surface area contributed by atoms with E-state index in [-0.39, 0.29) is 23.5 Å². The fraction of sp³-hybridized carbons (Fsp3) is 0.400. The predicted molar refractivity (Wildman–Crippen MR) is 110 cm³/mol.